The lowest BCUT2D eigenvalue weighted by atomic mass is 9.87. The quantitative estimate of drug-likeness (QED) is 0.897. The Kier molecular flexibility index (Phi) is 4.34. The van der Waals surface area contributed by atoms with Crippen LogP contribution in [-0.4, -0.2) is 37.3 Å². The number of amides is 1. The molecule has 0 saturated carbocycles. The first kappa shape index (κ1) is 16.3. The smallest absolute Gasteiger partial charge is 0.252 e. The molecule has 2 aliphatic rings. The molecule has 5 heteroatoms. The number of ether oxygens (including phenoxy) is 2. The van der Waals surface area contributed by atoms with Gasteiger partial charge in [0.15, 0.2) is 0 Å². The van der Waals surface area contributed by atoms with E-state index in [4.69, 9.17) is 9.47 Å². The van der Waals surface area contributed by atoms with Crippen molar-refractivity contribution in [1.29, 1.82) is 0 Å². The minimum Gasteiger partial charge on any atom is -0.487 e. The highest BCUT2D eigenvalue weighted by Gasteiger charge is 2.42. The number of rotatable bonds is 3. The zero-order chi connectivity index (χ0) is 16.5. The van der Waals surface area contributed by atoms with Crippen molar-refractivity contribution in [2.24, 2.45) is 0 Å². The summed E-state index contributed by atoms with van der Waals surface area (Å²) >= 11 is 0. The average Bonchev–Trinajstić information content (AvgIpc) is 2.54. The van der Waals surface area contributed by atoms with Gasteiger partial charge in [-0.05, 0) is 45.8 Å². The highest BCUT2D eigenvalue weighted by atomic mass is 16.5. The molecule has 23 heavy (non-hydrogen) atoms. The van der Waals surface area contributed by atoms with Gasteiger partial charge in [-0.1, -0.05) is 18.2 Å². The van der Waals surface area contributed by atoms with Gasteiger partial charge in [0.25, 0.3) is 5.91 Å². The van der Waals surface area contributed by atoms with E-state index < -0.39 is 5.60 Å². The first-order valence-corrected chi connectivity index (χ1v) is 8.31. The normalized spacial score (nSPS) is 25.1. The summed E-state index contributed by atoms with van der Waals surface area (Å²) in [7, 11) is 1.63. The van der Waals surface area contributed by atoms with Gasteiger partial charge < -0.3 is 20.1 Å². The molecule has 126 valence electrons. The van der Waals surface area contributed by atoms with E-state index in [1.807, 2.05) is 24.3 Å². The van der Waals surface area contributed by atoms with Gasteiger partial charge in [0, 0.05) is 19.1 Å². The summed E-state index contributed by atoms with van der Waals surface area (Å²) in [5, 5.41) is 6.50. The fourth-order valence-electron chi connectivity index (χ4n) is 3.58. The van der Waals surface area contributed by atoms with E-state index >= 15 is 0 Å². The van der Waals surface area contributed by atoms with Crippen LogP contribution in [-0.2, 0) is 9.53 Å². The van der Waals surface area contributed by atoms with E-state index in [9.17, 15) is 4.79 Å². The lowest BCUT2D eigenvalue weighted by Gasteiger charge is -2.40. The van der Waals surface area contributed by atoms with Gasteiger partial charge in [-0.15, -0.1) is 0 Å². The van der Waals surface area contributed by atoms with Crippen molar-refractivity contribution in [2.45, 2.75) is 50.4 Å². The molecule has 0 spiro atoms. The molecule has 1 unspecified atom stereocenters. The molecule has 3 rings (SSSR count). The van der Waals surface area contributed by atoms with Crippen molar-refractivity contribution in [1.82, 2.24) is 10.6 Å². The van der Waals surface area contributed by atoms with Crippen molar-refractivity contribution < 1.29 is 14.3 Å². The summed E-state index contributed by atoms with van der Waals surface area (Å²) in [5.74, 6) is 0.838. The van der Waals surface area contributed by atoms with Crippen LogP contribution in [0.4, 0.5) is 0 Å². The number of nitrogens with one attached hydrogen (secondary N) is 2. The van der Waals surface area contributed by atoms with Crippen molar-refractivity contribution >= 4 is 5.91 Å². The standard InChI is InChI=1S/C18H26N2O3/c1-17(2)12-14(13-6-4-5-7-15(13)23-17)20-16(21)18(22-3)8-10-19-11-9-18/h4-7,14,19H,8-12H2,1-3H3,(H,20,21). The highest BCUT2D eigenvalue weighted by Crippen LogP contribution is 2.39. The third kappa shape index (κ3) is 3.21. The molecular formula is C18H26N2O3. The third-order valence-corrected chi connectivity index (χ3v) is 4.90. The van der Waals surface area contributed by atoms with E-state index in [1.54, 1.807) is 7.11 Å². The molecule has 2 heterocycles. The first-order valence-electron chi connectivity index (χ1n) is 8.31. The molecule has 2 N–H and O–H groups in total. The lowest BCUT2D eigenvalue weighted by molar-refractivity contribution is -0.148. The number of fused-ring (bicyclic) bond motifs is 1. The summed E-state index contributed by atoms with van der Waals surface area (Å²) < 4.78 is 11.7. The highest BCUT2D eigenvalue weighted by molar-refractivity contribution is 5.86. The van der Waals surface area contributed by atoms with E-state index in [0.717, 1.165) is 30.8 Å². The minimum absolute atomic E-state index is 0.0148. The lowest BCUT2D eigenvalue weighted by Crippen LogP contribution is -2.55. The Labute approximate surface area is 137 Å². The Bertz CT molecular complexity index is 579. The van der Waals surface area contributed by atoms with E-state index in [1.165, 1.54) is 0 Å². The van der Waals surface area contributed by atoms with Crippen LogP contribution in [0.5, 0.6) is 5.75 Å². The number of carbonyl (C=O) groups is 1. The van der Waals surface area contributed by atoms with Crippen LogP contribution in [0.25, 0.3) is 0 Å². The SMILES string of the molecule is COC1(C(=O)NC2CC(C)(C)Oc3ccccc32)CCNCC1. The monoisotopic (exact) mass is 318 g/mol. The maximum absolute atomic E-state index is 12.9. The van der Waals surface area contributed by atoms with Crippen molar-refractivity contribution in [2.75, 3.05) is 20.2 Å². The topological polar surface area (TPSA) is 59.6 Å². The van der Waals surface area contributed by atoms with E-state index in [2.05, 4.69) is 24.5 Å². The van der Waals surface area contributed by atoms with Gasteiger partial charge >= 0.3 is 0 Å². The molecule has 1 saturated heterocycles. The number of carbonyl (C=O) groups excluding carboxylic acids is 1. The molecule has 0 bridgehead atoms. The second-order valence-electron chi connectivity index (χ2n) is 7.08. The Morgan fingerprint density at radius 3 is 2.70 bits per heavy atom. The molecule has 0 aromatic heterocycles. The molecular weight excluding hydrogens is 292 g/mol. The summed E-state index contributed by atoms with van der Waals surface area (Å²) in [6, 6.07) is 7.88. The molecule has 1 aromatic carbocycles. The van der Waals surface area contributed by atoms with Crippen LogP contribution >= 0.6 is 0 Å². The Balaban J connectivity index is 1.83. The number of hydrogen-bond donors (Lipinski definition) is 2. The van der Waals surface area contributed by atoms with Crippen LogP contribution < -0.4 is 15.4 Å². The predicted octanol–water partition coefficient (Wildman–Crippen LogP) is 2.17. The molecule has 1 aromatic rings. The number of methoxy groups -OCH3 is 1. The van der Waals surface area contributed by atoms with Gasteiger partial charge in [0.1, 0.15) is 17.0 Å². The van der Waals surface area contributed by atoms with Crippen LogP contribution in [0, 0.1) is 0 Å². The molecule has 1 amide bonds. The molecule has 1 atom stereocenters. The summed E-state index contributed by atoms with van der Waals surface area (Å²) in [5.41, 5.74) is 0.0175. The number of piperidine rings is 1. The zero-order valence-corrected chi connectivity index (χ0v) is 14.1. The largest absolute Gasteiger partial charge is 0.487 e. The van der Waals surface area contributed by atoms with E-state index in [-0.39, 0.29) is 17.6 Å². The van der Waals surface area contributed by atoms with Crippen LogP contribution in [0.2, 0.25) is 0 Å². The van der Waals surface area contributed by atoms with Gasteiger partial charge in [0.05, 0.1) is 6.04 Å². The Morgan fingerprint density at radius 1 is 1.30 bits per heavy atom. The van der Waals surface area contributed by atoms with Gasteiger partial charge in [0.2, 0.25) is 0 Å². The number of benzene rings is 1. The Hall–Kier alpha value is -1.59. The minimum atomic E-state index is -0.720. The summed E-state index contributed by atoms with van der Waals surface area (Å²) in [4.78, 5) is 12.9. The van der Waals surface area contributed by atoms with Gasteiger partial charge in [-0.3, -0.25) is 4.79 Å². The third-order valence-electron chi connectivity index (χ3n) is 4.90. The maximum Gasteiger partial charge on any atom is 0.252 e. The molecule has 1 fully saturated rings. The molecule has 0 radical (unpaired) electrons. The number of hydrogen-bond acceptors (Lipinski definition) is 4. The van der Waals surface area contributed by atoms with Crippen molar-refractivity contribution in [3.8, 4) is 5.75 Å². The fourth-order valence-corrected chi connectivity index (χ4v) is 3.58. The summed E-state index contributed by atoms with van der Waals surface area (Å²) in [6.07, 6.45) is 2.14. The van der Waals surface area contributed by atoms with Crippen molar-refractivity contribution in [3.05, 3.63) is 29.8 Å². The van der Waals surface area contributed by atoms with Crippen molar-refractivity contribution in [3.63, 3.8) is 0 Å². The molecule has 0 aliphatic carbocycles. The van der Waals surface area contributed by atoms with E-state index in [0.29, 0.717) is 12.8 Å². The second kappa shape index (κ2) is 6.13. The predicted molar refractivity (Wildman–Crippen MR) is 88.5 cm³/mol. The van der Waals surface area contributed by atoms with Crippen LogP contribution in [0.15, 0.2) is 24.3 Å². The maximum atomic E-state index is 12.9. The molecule has 2 aliphatic heterocycles. The van der Waals surface area contributed by atoms with Crippen LogP contribution in [0.3, 0.4) is 0 Å². The summed E-state index contributed by atoms with van der Waals surface area (Å²) in [6.45, 7) is 5.71. The Morgan fingerprint density at radius 2 is 2.00 bits per heavy atom. The fraction of sp³-hybridized carbons (Fsp3) is 0.611. The molecule has 5 nitrogen and oxygen atoms in total. The second-order valence-corrected chi connectivity index (χ2v) is 7.08. The van der Waals surface area contributed by atoms with Gasteiger partial charge in [-0.2, -0.15) is 0 Å². The first-order chi connectivity index (χ1) is 11.0. The number of para-hydroxylation sites is 1. The van der Waals surface area contributed by atoms with Crippen LogP contribution in [0.1, 0.15) is 44.7 Å². The average molecular weight is 318 g/mol. The van der Waals surface area contributed by atoms with Gasteiger partial charge in [-0.25, -0.2) is 0 Å². The zero-order valence-electron chi connectivity index (χ0n) is 14.1.